The fourth-order valence-electron chi connectivity index (χ4n) is 2.59. The number of nitrogens with zero attached hydrogens (tertiary/aromatic N) is 2. The maximum Gasteiger partial charge on any atom is 0.191 e. The second-order valence-corrected chi connectivity index (χ2v) is 6.33. The maximum absolute atomic E-state index is 5.35. The Hall–Kier alpha value is -0.800. The van der Waals surface area contributed by atoms with Crippen LogP contribution in [0.4, 0.5) is 0 Å². The van der Waals surface area contributed by atoms with Crippen molar-refractivity contribution < 1.29 is 9.15 Å². The van der Waals surface area contributed by atoms with E-state index in [1.54, 1.807) is 13.4 Å². The van der Waals surface area contributed by atoms with Gasteiger partial charge in [0.15, 0.2) is 5.96 Å². The molecule has 0 amide bonds. The van der Waals surface area contributed by atoms with Crippen molar-refractivity contribution in [2.75, 3.05) is 39.9 Å². The molecule has 25 heavy (non-hydrogen) atoms. The van der Waals surface area contributed by atoms with Crippen LogP contribution < -0.4 is 10.6 Å². The predicted molar refractivity (Wildman–Crippen MR) is 115 cm³/mol. The molecular formula is C18H35IN4O2. The van der Waals surface area contributed by atoms with Gasteiger partial charge in [0.25, 0.3) is 0 Å². The lowest BCUT2D eigenvalue weighted by atomic mass is 10.2. The summed E-state index contributed by atoms with van der Waals surface area (Å²) in [6.07, 6.45) is 2.54. The Morgan fingerprint density at radius 1 is 1.20 bits per heavy atom. The summed E-state index contributed by atoms with van der Waals surface area (Å²) in [5.41, 5.74) is 0. The Morgan fingerprint density at radius 3 is 2.44 bits per heavy atom. The minimum atomic E-state index is 0. The zero-order chi connectivity index (χ0) is 17.8. The van der Waals surface area contributed by atoms with Gasteiger partial charge in [0.2, 0.25) is 0 Å². The highest BCUT2D eigenvalue weighted by atomic mass is 127. The van der Waals surface area contributed by atoms with Crippen molar-refractivity contribution in [1.82, 2.24) is 15.5 Å². The first kappa shape index (κ1) is 24.2. The molecule has 0 fully saturated rings. The molecule has 1 heterocycles. The Balaban J connectivity index is 0.00000576. The Labute approximate surface area is 169 Å². The van der Waals surface area contributed by atoms with Crippen molar-refractivity contribution in [1.29, 1.82) is 0 Å². The minimum absolute atomic E-state index is 0. The molecule has 0 aliphatic heterocycles. The highest BCUT2D eigenvalue weighted by molar-refractivity contribution is 14.0. The van der Waals surface area contributed by atoms with Gasteiger partial charge < -0.3 is 19.8 Å². The van der Waals surface area contributed by atoms with Gasteiger partial charge in [-0.2, -0.15) is 0 Å². The summed E-state index contributed by atoms with van der Waals surface area (Å²) in [7, 11) is 1.70. The first-order valence-corrected chi connectivity index (χ1v) is 8.83. The van der Waals surface area contributed by atoms with Crippen LogP contribution in [0.3, 0.4) is 0 Å². The highest BCUT2D eigenvalue weighted by Gasteiger charge is 2.12. The molecule has 0 aliphatic rings. The van der Waals surface area contributed by atoms with E-state index in [1.165, 1.54) is 0 Å². The largest absolute Gasteiger partial charge is 0.469 e. The van der Waals surface area contributed by atoms with Gasteiger partial charge in [-0.25, -0.2) is 0 Å². The Bertz CT molecular complexity index is 442. The minimum Gasteiger partial charge on any atom is -0.469 e. The van der Waals surface area contributed by atoms with Crippen LogP contribution in [0, 0.1) is 0 Å². The van der Waals surface area contributed by atoms with Crippen molar-refractivity contribution in [3.63, 3.8) is 0 Å². The summed E-state index contributed by atoms with van der Waals surface area (Å²) in [4.78, 5) is 7.13. The van der Waals surface area contributed by atoms with E-state index in [-0.39, 0.29) is 24.0 Å². The third-order valence-electron chi connectivity index (χ3n) is 3.80. The fourth-order valence-corrected chi connectivity index (χ4v) is 2.59. The van der Waals surface area contributed by atoms with Crippen LogP contribution in [0.25, 0.3) is 0 Å². The Kier molecular flexibility index (Phi) is 13.9. The summed E-state index contributed by atoms with van der Waals surface area (Å²) < 4.78 is 10.4. The molecular weight excluding hydrogens is 431 g/mol. The van der Waals surface area contributed by atoms with Crippen LogP contribution in [-0.2, 0) is 11.2 Å². The molecule has 1 rings (SSSR count). The predicted octanol–water partition coefficient (Wildman–Crippen LogP) is 2.74. The smallest absolute Gasteiger partial charge is 0.191 e. The topological polar surface area (TPSA) is 62.0 Å². The van der Waals surface area contributed by atoms with E-state index in [1.807, 2.05) is 12.1 Å². The second kappa shape index (κ2) is 14.4. The quantitative estimate of drug-likeness (QED) is 0.227. The van der Waals surface area contributed by atoms with E-state index in [9.17, 15) is 0 Å². The van der Waals surface area contributed by atoms with Gasteiger partial charge in [-0.05, 0) is 39.8 Å². The lowest BCUT2D eigenvalue weighted by Gasteiger charge is -2.29. The molecule has 0 saturated heterocycles. The summed E-state index contributed by atoms with van der Waals surface area (Å²) >= 11 is 0. The van der Waals surface area contributed by atoms with Gasteiger partial charge >= 0.3 is 0 Å². The van der Waals surface area contributed by atoms with Gasteiger partial charge in [0.1, 0.15) is 5.76 Å². The summed E-state index contributed by atoms with van der Waals surface area (Å²) in [5, 5.41) is 6.65. The number of nitrogens with one attached hydrogen (secondary N) is 2. The fraction of sp³-hybridized carbons (Fsp3) is 0.722. The molecule has 7 heteroatoms. The summed E-state index contributed by atoms with van der Waals surface area (Å²) in [6.45, 7) is 12.8. The second-order valence-electron chi connectivity index (χ2n) is 6.33. The van der Waals surface area contributed by atoms with Crippen molar-refractivity contribution in [2.24, 2.45) is 4.99 Å². The first-order chi connectivity index (χ1) is 11.5. The van der Waals surface area contributed by atoms with Crippen LogP contribution in [0.1, 0.15) is 33.5 Å². The molecule has 1 aromatic heterocycles. The lowest BCUT2D eigenvalue weighted by molar-refractivity contribution is 0.181. The SMILES string of the molecule is COCCNC(=NCCN(C(C)C)C(C)C)NCCc1ccco1.I. The monoisotopic (exact) mass is 466 g/mol. The number of aliphatic imine (C=N–C) groups is 1. The van der Waals surface area contributed by atoms with E-state index in [0.29, 0.717) is 18.7 Å². The molecule has 0 saturated carbocycles. The molecule has 0 aliphatic carbocycles. The molecule has 0 atom stereocenters. The van der Waals surface area contributed by atoms with E-state index in [2.05, 4.69) is 48.2 Å². The van der Waals surface area contributed by atoms with E-state index < -0.39 is 0 Å². The number of hydrogen-bond donors (Lipinski definition) is 2. The number of guanidine groups is 1. The zero-order valence-electron chi connectivity index (χ0n) is 16.2. The zero-order valence-corrected chi connectivity index (χ0v) is 18.6. The standard InChI is InChI=1S/C18H34N4O2.HI/c1-15(2)22(16(3)4)12-10-20-18(21-11-14-23-5)19-9-8-17-7-6-13-24-17;/h6-7,13,15-16H,8-12,14H2,1-5H3,(H2,19,20,21);1H. The average Bonchev–Trinajstić information content (AvgIpc) is 3.03. The number of halogens is 1. The summed E-state index contributed by atoms with van der Waals surface area (Å²) in [5.74, 6) is 1.80. The van der Waals surface area contributed by atoms with Gasteiger partial charge in [0, 0.05) is 45.2 Å². The Morgan fingerprint density at radius 2 is 1.88 bits per heavy atom. The molecule has 0 spiro atoms. The van der Waals surface area contributed by atoms with Crippen molar-refractivity contribution in [3.8, 4) is 0 Å². The van der Waals surface area contributed by atoms with E-state index >= 15 is 0 Å². The molecule has 146 valence electrons. The maximum atomic E-state index is 5.35. The van der Waals surface area contributed by atoms with Gasteiger partial charge in [-0.1, -0.05) is 0 Å². The summed E-state index contributed by atoms with van der Waals surface area (Å²) in [6, 6.07) is 4.95. The number of ether oxygens (including phenoxy) is 1. The van der Waals surface area contributed by atoms with Crippen molar-refractivity contribution >= 4 is 29.9 Å². The normalized spacial score (nSPS) is 11.9. The average molecular weight is 466 g/mol. The van der Waals surface area contributed by atoms with Crippen LogP contribution in [0.15, 0.2) is 27.8 Å². The third-order valence-corrected chi connectivity index (χ3v) is 3.80. The van der Waals surface area contributed by atoms with Crippen molar-refractivity contribution in [2.45, 2.75) is 46.2 Å². The molecule has 0 aromatic carbocycles. The third kappa shape index (κ3) is 10.7. The van der Waals surface area contributed by atoms with Crippen LogP contribution in [-0.4, -0.2) is 62.8 Å². The van der Waals surface area contributed by atoms with Gasteiger partial charge in [-0.15, -0.1) is 24.0 Å². The van der Waals surface area contributed by atoms with E-state index in [4.69, 9.17) is 9.15 Å². The molecule has 1 aromatic rings. The van der Waals surface area contributed by atoms with Gasteiger partial charge in [-0.3, -0.25) is 9.89 Å². The molecule has 0 bridgehead atoms. The number of rotatable bonds is 11. The molecule has 0 unspecified atom stereocenters. The molecule has 2 N–H and O–H groups in total. The number of furan rings is 1. The van der Waals surface area contributed by atoms with E-state index in [0.717, 1.165) is 44.3 Å². The van der Waals surface area contributed by atoms with Gasteiger partial charge in [0.05, 0.1) is 19.4 Å². The molecule has 0 radical (unpaired) electrons. The van der Waals surface area contributed by atoms with Crippen LogP contribution in [0.2, 0.25) is 0 Å². The molecule has 6 nitrogen and oxygen atoms in total. The van der Waals surface area contributed by atoms with Crippen LogP contribution >= 0.6 is 24.0 Å². The van der Waals surface area contributed by atoms with Crippen molar-refractivity contribution in [3.05, 3.63) is 24.2 Å². The number of hydrogen-bond acceptors (Lipinski definition) is 4. The number of methoxy groups -OCH3 is 1. The lowest BCUT2D eigenvalue weighted by Crippen LogP contribution is -2.42. The van der Waals surface area contributed by atoms with Crippen LogP contribution in [0.5, 0.6) is 0 Å². The highest BCUT2D eigenvalue weighted by Crippen LogP contribution is 2.04. The first-order valence-electron chi connectivity index (χ1n) is 8.83.